The number of hydrogen-bond acceptors (Lipinski definition) is 3. The summed E-state index contributed by atoms with van der Waals surface area (Å²) in [4.78, 5) is 0.388. The van der Waals surface area contributed by atoms with Gasteiger partial charge in [0.15, 0.2) is 0 Å². The minimum absolute atomic E-state index is 0.388. The highest BCUT2D eigenvalue weighted by atomic mass is 32.2. The highest BCUT2D eigenvalue weighted by Crippen LogP contribution is 2.35. The van der Waals surface area contributed by atoms with E-state index in [2.05, 4.69) is 5.10 Å². The van der Waals surface area contributed by atoms with Crippen molar-refractivity contribution in [2.24, 2.45) is 5.92 Å². The zero-order valence-corrected chi connectivity index (χ0v) is 15.0. The fourth-order valence-corrected chi connectivity index (χ4v) is 5.70. The van der Waals surface area contributed by atoms with E-state index in [0.29, 0.717) is 23.1 Å². The smallest absolute Gasteiger partial charge is 0.268 e. The lowest BCUT2D eigenvalue weighted by Crippen LogP contribution is -2.30. The topological polar surface area (TPSA) is 55.2 Å². The molecule has 1 saturated carbocycles. The third-order valence-electron chi connectivity index (χ3n) is 5.36. The van der Waals surface area contributed by atoms with Crippen LogP contribution < -0.4 is 4.31 Å². The Balaban J connectivity index is 1.73. The first kappa shape index (κ1) is 15.7. The number of anilines is 1. The summed E-state index contributed by atoms with van der Waals surface area (Å²) in [5, 5.41) is 4.54. The predicted octanol–water partition coefficient (Wildman–Crippen LogP) is 3.05. The first-order valence-corrected chi connectivity index (χ1v) is 10.1. The lowest BCUT2D eigenvalue weighted by molar-refractivity contribution is 0.264. The first-order chi connectivity index (χ1) is 11.5. The summed E-state index contributed by atoms with van der Waals surface area (Å²) >= 11 is 0. The molecule has 1 fully saturated rings. The van der Waals surface area contributed by atoms with Crippen molar-refractivity contribution in [1.82, 2.24) is 9.78 Å². The molecule has 24 heavy (non-hydrogen) atoms. The summed E-state index contributed by atoms with van der Waals surface area (Å²) in [6, 6.07) is 7.75. The van der Waals surface area contributed by atoms with Crippen molar-refractivity contribution in [3.05, 3.63) is 41.2 Å². The van der Waals surface area contributed by atoms with Gasteiger partial charge in [0, 0.05) is 13.1 Å². The van der Waals surface area contributed by atoms with E-state index in [1.165, 1.54) is 19.3 Å². The average Bonchev–Trinajstić information content (AvgIpc) is 3.05. The van der Waals surface area contributed by atoms with Crippen LogP contribution in [-0.4, -0.2) is 24.7 Å². The second-order valence-electron chi connectivity index (χ2n) is 6.93. The fourth-order valence-electron chi connectivity index (χ4n) is 3.82. The largest absolute Gasteiger partial charge is 0.268 e. The predicted molar refractivity (Wildman–Crippen MR) is 93.7 cm³/mol. The number of fused-ring (bicyclic) bond motifs is 1. The van der Waals surface area contributed by atoms with Gasteiger partial charge in [-0.1, -0.05) is 24.6 Å². The summed E-state index contributed by atoms with van der Waals surface area (Å²) in [6.07, 6.45) is 4.49. The first-order valence-electron chi connectivity index (χ1n) is 8.63. The van der Waals surface area contributed by atoms with E-state index < -0.39 is 10.0 Å². The number of aryl methyl sites for hydroxylation is 1. The summed E-state index contributed by atoms with van der Waals surface area (Å²) < 4.78 is 30.0. The Bertz CT molecular complexity index is 882. The molecule has 5 nitrogen and oxygen atoms in total. The zero-order chi connectivity index (χ0) is 16.9. The van der Waals surface area contributed by atoms with Gasteiger partial charge in [-0.15, -0.1) is 0 Å². The maximum Gasteiger partial charge on any atom is 0.268 e. The molecule has 0 unspecified atom stereocenters. The van der Waals surface area contributed by atoms with Crippen molar-refractivity contribution in [2.45, 2.75) is 51.0 Å². The average molecular weight is 345 g/mol. The van der Waals surface area contributed by atoms with Gasteiger partial charge in [-0.3, -0.25) is 8.99 Å². The molecule has 0 atom stereocenters. The highest BCUT2D eigenvalue weighted by Gasteiger charge is 2.35. The van der Waals surface area contributed by atoms with Crippen LogP contribution in [0.3, 0.4) is 0 Å². The van der Waals surface area contributed by atoms with Gasteiger partial charge >= 0.3 is 0 Å². The highest BCUT2D eigenvalue weighted by molar-refractivity contribution is 7.93. The van der Waals surface area contributed by atoms with Crippen LogP contribution in [0, 0.1) is 19.8 Å². The molecule has 2 aromatic rings. The van der Waals surface area contributed by atoms with Gasteiger partial charge in [-0.2, -0.15) is 5.10 Å². The number of aromatic nitrogens is 2. The Morgan fingerprint density at radius 2 is 1.96 bits per heavy atom. The van der Waals surface area contributed by atoms with Crippen LogP contribution in [0.2, 0.25) is 0 Å². The number of benzene rings is 1. The summed E-state index contributed by atoms with van der Waals surface area (Å²) in [5.41, 5.74) is 3.28. The van der Waals surface area contributed by atoms with E-state index in [9.17, 15) is 8.42 Å². The van der Waals surface area contributed by atoms with Gasteiger partial charge in [0.05, 0.1) is 17.1 Å². The monoisotopic (exact) mass is 345 g/mol. The molecule has 0 spiro atoms. The third kappa shape index (κ3) is 2.35. The Morgan fingerprint density at radius 3 is 2.67 bits per heavy atom. The van der Waals surface area contributed by atoms with Crippen LogP contribution in [0.5, 0.6) is 0 Å². The lowest BCUT2D eigenvalue weighted by Gasteiger charge is -2.25. The van der Waals surface area contributed by atoms with Crippen molar-refractivity contribution in [1.29, 1.82) is 0 Å². The fraction of sp³-hybridized carbons (Fsp3) is 0.500. The molecule has 0 N–H and O–H groups in total. The molecule has 1 aliphatic carbocycles. The molecule has 1 aromatic carbocycles. The molecule has 0 amide bonds. The molecule has 0 bridgehead atoms. The van der Waals surface area contributed by atoms with Crippen molar-refractivity contribution < 1.29 is 8.42 Å². The van der Waals surface area contributed by atoms with Crippen molar-refractivity contribution in [2.75, 3.05) is 10.8 Å². The normalized spacial score (nSPS) is 17.8. The van der Waals surface area contributed by atoms with Crippen LogP contribution in [0.1, 0.15) is 36.2 Å². The number of hydrogen-bond donors (Lipinski definition) is 0. The standard InChI is InChI=1S/C18H23N3O2S/c1-13-18(14(2)20(19-13)12-15-6-5-7-15)24(22,23)21-11-10-16-8-3-4-9-17(16)21/h3-4,8-9,15H,5-7,10-12H2,1-2H3. The Kier molecular flexibility index (Phi) is 3.67. The van der Waals surface area contributed by atoms with Crippen molar-refractivity contribution in [3.8, 4) is 0 Å². The molecular formula is C18H23N3O2S. The van der Waals surface area contributed by atoms with Crippen molar-refractivity contribution >= 4 is 15.7 Å². The molecule has 4 rings (SSSR count). The number of rotatable bonds is 4. The molecule has 2 heterocycles. The van der Waals surface area contributed by atoms with Crippen LogP contribution >= 0.6 is 0 Å². The van der Waals surface area contributed by atoms with Crippen LogP contribution in [0.25, 0.3) is 0 Å². The Morgan fingerprint density at radius 1 is 1.21 bits per heavy atom. The minimum atomic E-state index is -3.57. The molecular weight excluding hydrogens is 322 g/mol. The summed E-state index contributed by atoms with van der Waals surface area (Å²) in [5.74, 6) is 0.645. The SMILES string of the molecule is Cc1nn(CC2CCC2)c(C)c1S(=O)(=O)N1CCc2ccccc21. The lowest BCUT2D eigenvalue weighted by atomic mass is 9.85. The van der Waals surface area contributed by atoms with Crippen LogP contribution in [-0.2, 0) is 23.0 Å². The summed E-state index contributed by atoms with van der Waals surface area (Å²) in [7, 11) is -3.57. The maximum atomic E-state index is 13.3. The van der Waals surface area contributed by atoms with Gasteiger partial charge < -0.3 is 0 Å². The molecule has 1 aliphatic heterocycles. The van der Waals surface area contributed by atoms with Gasteiger partial charge in [-0.25, -0.2) is 8.42 Å². The van der Waals surface area contributed by atoms with Crippen LogP contribution in [0.4, 0.5) is 5.69 Å². The third-order valence-corrected chi connectivity index (χ3v) is 7.43. The number of nitrogens with zero attached hydrogens (tertiary/aromatic N) is 3. The summed E-state index contributed by atoms with van der Waals surface area (Å²) in [6.45, 7) is 5.03. The molecule has 0 saturated heterocycles. The van der Waals surface area contributed by atoms with E-state index in [1.807, 2.05) is 35.9 Å². The molecule has 128 valence electrons. The van der Waals surface area contributed by atoms with E-state index in [-0.39, 0.29) is 0 Å². The molecule has 0 radical (unpaired) electrons. The van der Waals surface area contributed by atoms with Gasteiger partial charge in [0.2, 0.25) is 0 Å². The second kappa shape index (κ2) is 5.62. The van der Waals surface area contributed by atoms with E-state index in [4.69, 9.17) is 0 Å². The second-order valence-corrected chi connectivity index (χ2v) is 8.73. The van der Waals surface area contributed by atoms with E-state index in [1.54, 1.807) is 11.2 Å². The van der Waals surface area contributed by atoms with Gasteiger partial charge in [0.1, 0.15) is 4.90 Å². The van der Waals surface area contributed by atoms with Crippen LogP contribution in [0.15, 0.2) is 29.2 Å². The molecule has 2 aliphatic rings. The molecule has 1 aromatic heterocycles. The van der Waals surface area contributed by atoms with Gasteiger partial charge in [0.25, 0.3) is 10.0 Å². The number of sulfonamides is 1. The number of para-hydroxylation sites is 1. The Labute approximate surface area is 143 Å². The minimum Gasteiger partial charge on any atom is -0.268 e. The maximum absolute atomic E-state index is 13.3. The molecule has 6 heteroatoms. The quantitative estimate of drug-likeness (QED) is 0.856. The Hall–Kier alpha value is -1.82. The van der Waals surface area contributed by atoms with E-state index >= 15 is 0 Å². The zero-order valence-electron chi connectivity index (χ0n) is 14.2. The van der Waals surface area contributed by atoms with Gasteiger partial charge in [-0.05, 0) is 50.7 Å². The van der Waals surface area contributed by atoms with Crippen molar-refractivity contribution in [3.63, 3.8) is 0 Å². The van der Waals surface area contributed by atoms with E-state index in [0.717, 1.165) is 29.9 Å².